The third-order valence-corrected chi connectivity index (χ3v) is 3.07. The van der Waals surface area contributed by atoms with E-state index >= 15 is 0 Å². The van der Waals surface area contributed by atoms with Crippen LogP contribution in [-0.4, -0.2) is 36.8 Å². The van der Waals surface area contributed by atoms with Crippen LogP contribution in [-0.2, 0) is 11.3 Å². The molecule has 0 fully saturated rings. The van der Waals surface area contributed by atoms with Gasteiger partial charge in [-0.3, -0.25) is 0 Å². The van der Waals surface area contributed by atoms with Crippen molar-refractivity contribution in [2.45, 2.75) is 40.2 Å². The molecule has 0 unspecified atom stereocenters. The first kappa shape index (κ1) is 16.9. The largest absolute Gasteiger partial charge is 0.383 e. The van der Waals surface area contributed by atoms with E-state index in [1.807, 2.05) is 6.20 Å². The van der Waals surface area contributed by atoms with Crippen LogP contribution < -0.4 is 10.6 Å². The van der Waals surface area contributed by atoms with Crippen LogP contribution in [0.5, 0.6) is 0 Å². The maximum Gasteiger partial charge on any atom is 0.131 e. The van der Waals surface area contributed by atoms with Gasteiger partial charge in [-0.2, -0.15) is 0 Å². The van der Waals surface area contributed by atoms with Crippen LogP contribution in [0.4, 0.5) is 5.69 Å². The maximum absolute atomic E-state index is 5.87. The Morgan fingerprint density at radius 1 is 1.30 bits per heavy atom. The molecule has 0 atom stereocenters. The number of methoxy groups -OCH3 is 1. The molecule has 2 N–H and O–H groups in total. The van der Waals surface area contributed by atoms with Crippen molar-refractivity contribution in [1.29, 1.82) is 0 Å². The molecule has 5 heteroatoms. The molecule has 0 saturated carbocycles. The summed E-state index contributed by atoms with van der Waals surface area (Å²) < 4.78 is 5.20. The second-order valence-corrected chi connectivity index (χ2v) is 5.75. The molecule has 0 radical (unpaired) electrons. The van der Waals surface area contributed by atoms with E-state index in [1.54, 1.807) is 7.11 Å². The van der Waals surface area contributed by atoms with Crippen molar-refractivity contribution in [2.24, 2.45) is 11.7 Å². The molecule has 0 saturated heterocycles. The summed E-state index contributed by atoms with van der Waals surface area (Å²) in [5, 5.41) is 0. The van der Waals surface area contributed by atoms with Gasteiger partial charge in [0.15, 0.2) is 0 Å². The summed E-state index contributed by atoms with van der Waals surface area (Å²) in [6.45, 7) is 11.5. The van der Waals surface area contributed by atoms with E-state index < -0.39 is 0 Å². The molecule has 1 aromatic heterocycles. The molecule has 1 heterocycles. The molecule has 20 heavy (non-hydrogen) atoms. The Morgan fingerprint density at radius 2 is 2.00 bits per heavy atom. The van der Waals surface area contributed by atoms with Gasteiger partial charge in [0.05, 0.1) is 24.2 Å². The summed E-state index contributed by atoms with van der Waals surface area (Å²) in [5.41, 5.74) is 7.82. The van der Waals surface area contributed by atoms with Gasteiger partial charge in [0.2, 0.25) is 0 Å². The van der Waals surface area contributed by atoms with Crippen molar-refractivity contribution in [1.82, 2.24) is 9.97 Å². The summed E-state index contributed by atoms with van der Waals surface area (Å²) in [6, 6.07) is 0. The standard InChI is InChI=1S/C15H28N4O/c1-11(2)10-19(6-7-20-5)14-9-17-15(12(3)4)18-13(14)8-16/h9,11-12H,6-8,10,16H2,1-5H3. The zero-order valence-corrected chi connectivity index (χ0v) is 13.4. The Kier molecular flexibility index (Phi) is 6.88. The van der Waals surface area contributed by atoms with Crippen LogP contribution in [0.2, 0.25) is 0 Å². The smallest absolute Gasteiger partial charge is 0.131 e. The van der Waals surface area contributed by atoms with E-state index in [2.05, 4.69) is 42.6 Å². The van der Waals surface area contributed by atoms with Crippen molar-refractivity contribution in [3.8, 4) is 0 Å². The number of rotatable bonds is 8. The molecule has 1 rings (SSSR count). The number of hydrogen-bond donors (Lipinski definition) is 1. The maximum atomic E-state index is 5.87. The lowest BCUT2D eigenvalue weighted by Crippen LogP contribution is -2.32. The second kappa shape index (κ2) is 8.17. The van der Waals surface area contributed by atoms with E-state index in [9.17, 15) is 0 Å². The first-order chi connectivity index (χ1) is 9.49. The van der Waals surface area contributed by atoms with Gasteiger partial charge in [-0.15, -0.1) is 0 Å². The van der Waals surface area contributed by atoms with Crippen molar-refractivity contribution in [2.75, 3.05) is 31.7 Å². The Morgan fingerprint density at radius 3 is 2.50 bits per heavy atom. The van der Waals surface area contributed by atoms with E-state index in [1.165, 1.54) is 0 Å². The Labute approximate surface area is 122 Å². The molecule has 0 aliphatic heterocycles. The van der Waals surface area contributed by atoms with Crippen molar-refractivity contribution >= 4 is 5.69 Å². The number of ether oxygens (including phenoxy) is 1. The van der Waals surface area contributed by atoms with E-state index in [-0.39, 0.29) is 0 Å². The lowest BCUT2D eigenvalue weighted by Gasteiger charge is -2.28. The first-order valence-electron chi connectivity index (χ1n) is 7.29. The second-order valence-electron chi connectivity index (χ2n) is 5.75. The highest BCUT2D eigenvalue weighted by molar-refractivity contribution is 5.49. The topological polar surface area (TPSA) is 64.3 Å². The number of nitrogens with zero attached hydrogens (tertiary/aromatic N) is 3. The zero-order valence-electron chi connectivity index (χ0n) is 13.4. The quantitative estimate of drug-likeness (QED) is 0.790. The van der Waals surface area contributed by atoms with Crippen molar-refractivity contribution in [3.05, 3.63) is 17.7 Å². The highest BCUT2D eigenvalue weighted by Crippen LogP contribution is 2.21. The summed E-state index contributed by atoms with van der Waals surface area (Å²) in [5.74, 6) is 1.72. The van der Waals surface area contributed by atoms with E-state index in [0.29, 0.717) is 25.0 Å². The van der Waals surface area contributed by atoms with Crippen LogP contribution in [0.3, 0.4) is 0 Å². The SMILES string of the molecule is COCCN(CC(C)C)c1cnc(C(C)C)nc1CN. The molecule has 114 valence electrons. The van der Waals surface area contributed by atoms with Gasteiger partial charge in [-0.1, -0.05) is 27.7 Å². The zero-order chi connectivity index (χ0) is 15.1. The summed E-state index contributed by atoms with van der Waals surface area (Å²) in [6.07, 6.45) is 1.91. The molecule has 5 nitrogen and oxygen atoms in total. The van der Waals surface area contributed by atoms with Crippen LogP contribution in [0.1, 0.15) is 45.1 Å². The van der Waals surface area contributed by atoms with Gasteiger partial charge in [0.25, 0.3) is 0 Å². The lowest BCUT2D eigenvalue weighted by atomic mass is 10.1. The van der Waals surface area contributed by atoms with Gasteiger partial charge < -0.3 is 15.4 Å². The molecular weight excluding hydrogens is 252 g/mol. The van der Waals surface area contributed by atoms with Crippen LogP contribution in [0, 0.1) is 5.92 Å². The number of aromatic nitrogens is 2. The van der Waals surface area contributed by atoms with Gasteiger partial charge in [0, 0.05) is 32.7 Å². The number of nitrogens with two attached hydrogens (primary N) is 1. The Balaban J connectivity index is 3.04. The normalized spacial score (nSPS) is 11.4. The van der Waals surface area contributed by atoms with Crippen LogP contribution in [0.15, 0.2) is 6.20 Å². The van der Waals surface area contributed by atoms with Crippen molar-refractivity contribution in [3.63, 3.8) is 0 Å². The fourth-order valence-electron chi connectivity index (χ4n) is 2.07. The highest BCUT2D eigenvalue weighted by Gasteiger charge is 2.15. The lowest BCUT2D eigenvalue weighted by molar-refractivity contribution is 0.204. The van der Waals surface area contributed by atoms with Crippen molar-refractivity contribution < 1.29 is 4.74 Å². The predicted molar refractivity (Wildman–Crippen MR) is 82.9 cm³/mol. The number of hydrogen-bond acceptors (Lipinski definition) is 5. The van der Waals surface area contributed by atoms with Gasteiger partial charge in [0.1, 0.15) is 5.82 Å². The Hall–Kier alpha value is -1.20. The monoisotopic (exact) mass is 280 g/mol. The third-order valence-electron chi connectivity index (χ3n) is 3.07. The molecular formula is C15H28N4O. The number of anilines is 1. The third kappa shape index (κ3) is 4.72. The summed E-state index contributed by atoms with van der Waals surface area (Å²) in [7, 11) is 1.72. The first-order valence-corrected chi connectivity index (χ1v) is 7.29. The molecule has 0 spiro atoms. The van der Waals surface area contributed by atoms with Gasteiger partial charge in [-0.25, -0.2) is 9.97 Å². The molecule has 0 aliphatic rings. The molecule has 0 aliphatic carbocycles. The fourth-order valence-corrected chi connectivity index (χ4v) is 2.07. The van der Waals surface area contributed by atoms with Crippen LogP contribution in [0.25, 0.3) is 0 Å². The Bertz CT molecular complexity index is 407. The average Bonchev–Trinajstić information content (AvgIpc) is 2.42. The van der Waals surface area contributed by atoms with E-state index in [0.717, 1.165) is 30.3 Å². The summed E-state index contributed by atoms with van der Waals surface area (Å²) in [4.78, 5) is 11.3. The minimum atomic E-state index is 0.312. The minimum Gasteiger partial charge on any atom is -0.383 e. The average molecular weight is 280 g/mol. The predicted octanol–water partition coefficient (Wildman–Crippen LogP) is 2.17. The minimum absolute atomic E-state index is 0.312. The summed E-state index contributed by atoms with van der Waals surface area (Å²) >= 11 is 0. The van der Waals surface area contributed by atoms with Gasteiger partial charge in [-0.05, 0) is 5.92 Å². The fraction of sp³-hybridized carbons (Fsp3) is 0.733. The van der Waals surface area contributed by atoms with Gasteiger partial charge >= 0.3 is 0 Å². The highest BCUT2D eigenvalue weighted by atomic mass is 16.5. The molecule has 0 aromatic carbocycles. The van der Waals surface area contributed by atoms with Crippen LogP contribution >= 0.6 is 0 Å². The van der Waals surface area contributed by atoms with E-state index in [4.69, 9.17) is 10.5 Å². The molecule has 1 aromatic rings. The molecule has 0 bridgehead atoms. The molecule has 0 amide bonds.